The highest BCUT2D eigenvalue weighted by atomic mass is 16.5. The van der Waals surface area contributed by atoms with Crippen LogP contribution in [-0.4, -0.2) is 37.2 Å². The molecule has 108 valence electrons. The number of nitrogens with one attached hydrogen (secondary N) is 1. The first-order chi connectivity index (χ1) is 9.35. The first kappa shape index (κ1) is 14.6. The molecule has 0 aliphatic carbocycles. The lowest BCUT2D eigenvalue weighted by Crippen LogP contribution is -2.44. The van der Waals surface area contributed by atoms with E-state index in [2.05, 4.69) is 30.1 Å². The minimum atomic E-state index is 0.542. The van der Waals surface area contributed by atoms with Crippen LogP contribution >= 0.6 is 0 Å². The number of rotatable bonds is 7. The fraction of sp³-hybridized carbons (Fsp3) is 0.733. The second-order valence-electron chi connectivity index (χ2n) is 5.15. The molecule has 1 aliphatic heterocycles. The molecule has 1 aromatic heterocycles. The van der Waals surface area contributed by atoms with Crippen molar-refractivity contribution in [3.8, 4) is 0 Å². The van der Waals surface area contributed by atoms with E-state index in [4.69, 9.17) is 9.15 Å². The summed E-state index contributed by atoms with van der Waals surface area (Å²) in [5.74, 6) is 1.08. The fourth-order valence-corrected chi connectivity index (χ4v) is 2.53. The van der Waals surface area contributed by atoms with E-state index >= 15 is 0 Å². The van der Waals surface area contributed by atoms with Crippen LogP contribution in [0.1, 0.15) is 38.0 Å². The molecule has 0 aromatic carbocycles. The van der Waals surface area contributed by atoms with Crippen molar-refractivity contribution in [2.75, 3.05) is 26.3 Å². The van der Waals surface area contributed by atoms with Crippen molar-refractivity contribution in [2.45, 2.75) is 45.8 Å². The van der Waals surface area contributed by atoms with Gasteiger partial charge in [0.15, 0.2) is 0 Å². The van der Waals surface area contributed by atoms with Crippen LogP contribution < -0.4 is 5.32 Å². The lowest BCUT2D eigenvalue weighted by atomic mass is 10.1. The summed E-state index contributed by atoms with van der Waals surface area (Å²) in [5, 5.41) is 3.40. The highest BCUT2D eigenvalue weighted by Crippen LogP contribution is 2.18. The summed E-state index contributed by atoms with van der Waals surface area (Å²) in [4.78, 5) is 2.51. The highest BCUT2D eigenvalue weighted by molar-refractivity contribution is 5.17. The van der Waals surface area contributed by atoms with E-state index in [9.17, 15) is 0 Å². The first-order valence-electron chi connectivity index (χ1n) is 7.42. The Kier molecular flexibility index (Phi) is 5.89. The van der Waals surface area contributed by atoms with Gasteiger partial charge in [-0.05, 0) is 25.5 Å². The van der Waals surface area contributed by atoms with Crippen molar-refractivity contribution >= 4 is 0 Å². The van der Waals surface area contributed by atoms with Gasteiger partial charge in [-0.1, -0.05) is 13.8 Å². The smallest absolute Gasteiger partial charge is 0.122 e. The molecule has 4 nitrogen and oxygen atoms in total. The minimum absolute atomic E-state index is 0.542. The third-order valence-electron chi connectivity index (χ3n) is 3.74. The van der Waals surface area contributed by atoms with Gasteiger partial charge in [-0.3, -0.25) is 4.90 Å². The maximum absolute atomic E-state index is 5.60. The first-order valence-corrected chi connectivity index (χ1v) is 7.42. The molecule has 19 heavy (non-hydrogen) atoms. The quantitative estimate of drug-likeness (QED) is 0.769. The number of hydrogen-bond acceptors (Lipinski definition) is 4. The zero-order valence-corrected chi connectivity index (χ0v) is 12.2. The Labute approximate surface area is 116 Å². The summed E-state index contributed by atoms with van der Waals surface area (Å²) in [5.41, 5.74) is 1.31. The summed E-state index contributed by atoms with van der Waals surface area (Å²) in [7, 11) is 0. The summed E-state index contributed by atoms with van der Waals surface area (Å²) in [6.45, 7) is 9.97. The number of nitrogens with zero attached hydrogens (tertiary/aromatic N) is 1. The lowest BCUT2D eigenvalue weighted by molar-refractivity contribution is -0.0129. The van der Waals surface area contributed by atoms with Gasteiger partial charge < -0.3 is 14.5 Å². The van der Waals surface area contributed by atoms with E-state index in [1.807, 2.05) is 0 Å². The van der Waals surface area contributed by atoms with Gasteiger partial charge in [-0.2, -0.15) is 0 Å². The van der Waals surface area contributed by atoms with Gasteiger partial charge in [-0.25, -0.2) is 0 Å². The van der Waals surface area contributed by atoms with Crippen LogP contribution in [0.3, 0.4) is 0 Å². The number of furan rings is 1. The van der Waals surface area contributed by atoms with E-state index in [0.717, 1.165) is 58.0 Å². The molecule has 1 N–H and O–H groups in total. The third-order valence-corrected chi connectivity index (χ3v) is 3.74. The van der Waals surface area contributed by atoms with Crippen molar-refractivity contribution in [3.05, 3.63) is 23.7 Å². The summed E-state index contributed by atoms with van der Waals surface area (Å²) in [6, 6.07) is 2.64. The Balaban J connectivity index is 1.92. The van der Waals surface area contributed by atoms with E-state index in [1.165, 1.54) is 5.56 Å². The van der Waals surface area contributed by atoms with Crippen molar-refractivity contribution < 1.29 is 9.15 Å². The standard InChI is InChI=1S/C15H26N2O2/c1-3-6-16-10-15-13(5-8-19-15)11-17-7-9-18-12-14(17)4-2/h5,8,14,16H,3-4,6-7,9-12H2,1-2H3. The molecule has 2 rings (SSSR count). The van der Waals surface area contributed by atoms with Gasteiger partial charge in [0, 0.05) is 24.7 Å². The topological polar surface area (TPSA) is 37.6 Å². The van der Waals surface area contributed by atoms with Gasteiger partial charge in [0.05, 0.1) is 26.0 Å². The van der Waals surface area contributed by atoms with Gasteiger partial charge >= 0.3 is 0 Å². The van der Waals surface area contributed by atoms with Crippen LogP contribution in [0.15, 0.2) is 16.7 Å². The van der Waals surface area contributed by atoms with Crippen LogP contribution in [0.2, 0.25) is 0 Å². The number of morpholine rings is 1. The molecular weight excluding hydrogens is 240 g/mol. The molecule has 1 saturated heterocycles. The van der Waals surface area contributed by atoms with Crippen molar-refractivity contribution in [1.82, 2.24) is 10.2 Å². The van der Waals surface area contributed by atoms with Crippen molar-refractivity contribution in [1.29, 1.82) is 0 Å². The largest absolute Gasteiger partial charge is 0.468 e. The van der Waals surface area contributed by atoms with Crippen LogP contribution in [0.25, 0.3) is 0 Å². The highest BCUT2D eigenvalue weighted by Gasteiger charge is 2.22. The molecule has 0 amide bonds. The molecule has 0 saturated carbocycles. The minimum Gasteiger partial charge on any atom is -0.468 e. The SMILES string of the molecule is CCCNCc1occc1CN1CCOCC1CC. The van der Waals surface area contributed by atoms with E-state index in [1.54, 1.807) is 6.26 Å². The zero-order valence-electron chi connectivity index (χ0n) is 12.2. The molecule has 1 atom stereocenters. The maximum Gasteiger partial charge on any atom is 0.122 e. The van der Waals surface area contributed by atoms with Crippen molar-refractivity contribution in [2.24, 2.45) is 0 Å². The second-order valence-corrected chi connectivity index (χ2v) is 5.15. The zero-order chi connectivity index (χ0) is 13.5. The monoisotopic (exact) mass is 266 g/mol. The van der Waals surface area contributed by atoms with Crippen molar-refractivity contribution in [3.63, 3.8) is 0 Å². The number of hydrogen-bond donors (Lipinski definition) is 1. The molecule has 1 aliphatic rings. The molecular formula is C15H26N2O2. The molecule has 4 heteroatoms. The third kappa shape index (κ3) is 4.06. The Hall–Kier alpha value is -0.840. The van der Waals surface area contributed by atoms with Crippen LogP contribution in [0.4, 0.5) is 0 Å². The molecule has 0 spiro atoms. The predicted molar refractivity (Wildman–Crippen MR) is 76.0 cm³/mol. The molecule has 2 heterocycles. The maximum atomic E-state index is 5.60. The molecule has 0 radical (unpaired) electrons. The van der Waals surface area contributed by atoms with E-state index < -0.39 is 0 Å². The predicted octanol–water partition coefficient (Wildman–Crippen LogP) is 2.39. The van der Waals surface area contributed by atoms with Gasteiger partial charge in [-0.15, -0.1) is 0 Å². The van der Waals surface area contributed by atoms with Crippen LogP contribution in [0, 0.1) is 0 Å². The Morgan fingerprint density at radius 3 is 3.11 bits per heavy atom. The Morgan fingerprint density at radius 2 is 2.32 bits per heavy atom. The normalized spacial score (nSPS) is 20.8. The summed E-state index contributed by atoms with van der Waals surface area (Å²) in [6.07, 6.45) is 4.10. The lowest BCUT2D eigenvalue weighted by Gasteiger charge is -2.34. The molecule has 0 bridgehead atoms. The van der Waals surface area contributed by atoms with Gasteiger partial charge in [0.2, 0.25) is 0 Å². The molecule has 1 unspecified atom stereocenters. The second kappa shape index (κ2) is 7.68. The fourth-order valence-electron chi connectivity index (χ4n) is 2.53. The molecule has 1 aromatic rings. The number of ether oxygens (including phenoxy) is 1. The average molecular weight is 266 g/mol. The summed E-state index contributed by atoms with van der Waals surface area (Å²) < 4.78 is 11.2. The molecule has 1 fully saturated rings. The van der Waals surface area contributed by atoms with Gasteiger partial charge in [0.1, 0.15) is 5.76 Å². The average Bonchev–Trinajstić information content (AvgIpc) is 2.87. The van der Waals surface area contributed by atoms with E-state index in [0.29, 0.717) is 6.04 Å². The van der Waals surface area contributed by atoms with Crippen LogP contribution in [-0.2, 0) is 17.8 Å². The Bertz CT molecular complexity index is 365. The summed E-state index contributed by atoms with van der Waals surface area (Å²) >= 11 is 0. The van der Waals surface area contributed by atoms with Crippen LogP contribution in [0.5, 0.6) is 0 Å². The van der Waals surface area contributed by atoms with E-state index in [-0.39, 0.29) is 0 Å². The van der Waals surface area contributed by atoms with Gasteiger partial charge in [0.25, 0.3) is 0 Å². The Morgan fingerprint density at radius 1 is 1.42 bits per heavy atom.